The monoisotopic (exact) mass is 281 g/mol. The van der Waals surface area contributed by atoms with Gasteiger partial charge in [0.05, 0.1) is 0 Å². The normalized spacial score (nSPS) is 16.8. The van der Waals surface area contributed by atoms with Crippen LogP contribution in [0.1, 0.15) is 31.2 Å². The summed E-state index contributed by atoms with van der Waals surface area (Å²) >= 11 is 6.06. The van der Waals surface area contributed by atoms with E-state index in [1.165, 1.54) is 25.7 Å². The zero-order valence-electron chi connectivity index (χ0n) is 11.1. The van der Waals surface area contributed by atoms with Gasteiger partial charge in [-0.15, -0.1) is 0 Å². The van der Waals surface area contributed by atoms with Gasteiger partial charge in [0.2, 0.25) is 0 Å². The molecule has 0 radical (unpaired) electrons. The first kappa shape index (κ1) is 14.0. The van der Waals surface area contributed by atoms with Gasteiger partial charge in [-0.3, -0.25) is 0 Å². The molecule has 0 amide bonds. The summed E-state index contributed by atoms with van der Waals surface area (Å²) in [6, 6.07) is 5.41. The number of benzene rings is 1. The van der Waals surface area contributed by atoms with Crippen molar-refractivity contribution in [2.24, 2.45) is 16.8 Å². The van der Waals surface area contributed by atoms with Crippen LogP contribution in [-0.4, -0.2) is 24.6 Å². The number of oxime groups is 1. The zero-order chi connectivity index (χ0) is 13.8. The third-order valence-electron chi connectivity index (χ3n) is 3.76. The van der Waals surface area contributed by atoms with Gasteiger partial charge in [-0.1, -0.05) is 29.6 Å². The predicted molar refractivity (Wildman–Crippen MR) is 79.2 cm³/mol. The summed E-state index contributed by atoms with van der Waals surface area (Å²) in [4.78, 5) is 2.15. The molecule has 0 atom stereocenters. The third-order valence-corrected chi connectivity index (χ3v) is 4.00. The Bertz CT molecular complexity index is 470. The van der Waals surface area contributed by atoms with Gasteiger partial charge in [-0.25, -0.2) is 0 Å². The molecule has 3 N–H and O–H groups in total. The summed E-state index contributed by atoms with van der Waals surface area (Å²) in [5.74, 6) is 0.842. The Labute approximate surface area is 118 Å². The average molecular weight is 282 g/mol. The fourth-order valence-corrected chi connectivity index (χ4v) is 2.94. The molecule has 1 aromatic rings. The van der Waals surface area contributed by atoms with E-state index in [1.807, 2.05) is 13.1 Å². The molecule has 19 heavy (non-hydrogen) atoms. The number of nitrogens with two attached hydrogens (primary N) is 1. The van der Waals surface area contributed by atoms with Gasteiger partial charge in [-0.2, -0.15) is 0 Å². The number of amidine groups is 1. The lowest BCUT2D eigenvalue weighted by molar-refractivity contribution is 0.318. The van der Waals surface area contributed by atoms with Crippen molar-refractivity contribution in [1.82, 2.24) is 0 Å². The number of hydrogen-bond donors (Lipinski definition) is 2. The van der Waals surface area contributed by atoms with E-state index in [0.29, 0.717) is 10.6 Å². The van der Waals surface area contributed by atoms with Gasteiger partial charge >= 0.3 is 0 Å². The topological polar surface area (TPSA) is 61.8 Å². The van der Waals surface area contributed by atoms with Crippen molar-refractivity contribution in [2.45, 2.75) is 25.7 Å². The van der Waals surface area contributed by atoms with Gasteiger partial charge in [0.25, 0.3) is 0 Å². The van der Waals surface area contributed by atoms with Crippen molar-refractivity contribution in [2.75, 3.05) is 18.5 Å². The first-order chi connectivity index (χ1) is 9.11. The summed E-state index contributed by atoms with van der Waals surface area (Å²) in [5.41, 5.74) is 7.35. The van der Waals surface area contributed by atoms with E-state index in [1.54, 1.807) is 12.1 Å². The maximum Gasteiger partial charge on any atom is 0.172 e. The van der Waals surface area contributed by atoms with Crippen molar-refractivity contribution in [3.8, 4) is 0 Å². The van der Waals surface area contributed by atoms with Crippen molar-refractivity contribution in [3.63, 3.8) is 0 Å². The zero-order valence-corrected chi connectivity index (χ0v) is 11.9. The Balaban J connectivity index is 2.23. The van der Waals surface area contributed by atoms with Crippen LogP contribution in [0, 0.1) is 5.92 Å². The Morgan fingerprint density at radius 3 is 2.79 bits per heavy atom. The molecule has 1 saturated carbocycles. The Morgan fingerprint density at radius 1 is 1.47 bits per heavy atom. The molecule has 2 rings (SSSR count). The highest BCUT2D eigenvalue weighted by Crippen LogP contribution is 2.29. The molecule has 0 heterocycles. The van der Waals surface area contributed by atoms with Crippen molar-refractivity contribution < 1.29 is 5.21 Å². The Morgan fingerprint density at radius 2 is 2.16 bits per heavy atom. The van der Waals surface area contributed by atoms with Crippen LogP contribution in [0.2, 0.25) is 5.02 Å². The fourth-order valence-electron chi connectivity index (χ4n) is 2.77. The number of nitrogens with zero attached hydrogens (tertiary/aromatic N) is 2. The van der Waals surface area contributed by atoms with Gasteiger partial charge in [0.15, 0.2) is 5.84 Å². The van der Waals surface area contributed by atoms with Crippen LogP contribution in [-0.2, 0) is 0 Å². The highest BCUT2D eigenvalue weighted by Gasteiger charge is 2.19. The smallest absolute Gasteiger partial charge is 0.172 e. The second-order valence-electron chi connectivity index (χ2n) is 5.18. The maximum atomic E-state index is 8.86. The van der Waals surface area contributed by atoms with E-state index in [2.05, 4.69) is 10.1 Å². The van der Waals surface area contributed by atoms with Crippen LogP contribution < -0.4 is 10.6 Å². The molecule has 0 saturated heterocycles. The van der Waals surface area contributed by atoms with E-state index in [4.69, 9.17) is 22.5 Å². The van der Waals surface area contributed by atoms with Crippen LogP contribution in [0.3, 0.4) is 0 Å². The van der Waals surface area contributed by atoms with E-state index in [0.717, 1.165) is 18.2 Å². The first-order valence-corrected chi connectivity index (χ1v) is 6.98. The molecule has 1 fully saturated rings. The van der Waals surface area contributed by atoms with Crippen molar-refractivity contribution in [3.05, 3.63) is 28.8 Å². The Hall–Kier alpha value is -1.42. The molecule has 1 aliphatic rings. The summed E-state index contributed by atoms with van der Waals surface area (Å²) in [7, 11) is 2.03. The standard InChI is InChI=1S/C14H20ClN3O/c1-18(9-10-4-2-3-5-10)13-8-11(15)6-7-12(13)14(16)17-19/h6-8,10,19H,2-5,9H2,1H3,(H2,16,17). The quantitative estimate of drug-likeness (QED) is 0.386. The molecule has 0 aromatic heterocycles. The van der Waals surface area contributed by atoms with Crippen molar-refractivity contribution in [1.29, 1.82) is 0 Å². The number of anilines is 1. The van der Waals surface area contributed by atoms with Crippen LogP contribution in [0.25, 0.3) is 0 Å². The summed E-state index contributed by atoms with van der Waals surface area (Å²) < 4.78 is 0. The lowest BCUT2D eigenvalue weighted by atomic mass is 10.1. The maximum absolute atomic E-state index is 8.86. The Kier molecular flexibility index (Phi) is 4.53. The van der Waals surface area contributed by atoms with Crippen LogP contribution in [0.4, 0.5) is 5.69 Å². The largest absolute Gasteiger partial charge is 0.409 e. The molecule has 5 heteroatoms. The van der Waals surface area contributed by atoms with Crippen molar-refractivity contribution >= 4 is 23.1 Å². The van der Waals surface area contributed by atoms with Crippen LogP contribution >= 0.6 is 11.6 Å². The summed E-state index contributed by atoms with van der Waals surface area (Å²) in [6.07, 6.45) is 5.20. The SMILES string of the molecule is CN(CC1CCCC1)c1cc(Cl)ccc1C(N)=NO. The predicted octanol–water partition coefficient (Wildman–Crippen LogP) is 3.06. The first-order valence-electron chi connectivity index (χ1n) is 6.60. The molecular formula is C14H20ClN3O. The van der Waals surface area contributed by atoms with Crippen LogP contribution in [0.5, 0.6) is 0 Å². The van der Waals surface area contributed by atoms with E-state index >= 15 is 0 Å². The molecule has 0 aliphatic heterocycles. The van der Waals surface area contributed by atoms with Gasteiger partial charge < -0.3 is 15.8 Å². The van der Waals surface area contributed by atoms with E-state index < -0.39 is 0 Å². The molecule has 0 bridgehead atoms. The molecule has 0 spiro atoms. The molecule has 0 unspecified atom stereocenters. The summed E-state index contributed by atoms with van der Waals surface area (Å²) in [5, 5.41) is 12.6. The van der Waals surface area contributed by atoms with Gasteiger partial charge in [0, 0.05) is 29.9 Å². The highest BCUT2D eigenvalue weighted by molar-refractivity contribution is 6.31. The van der Waals surface area contributed by atoms with Gasteiger partial charge in [-0.05, 0) is 37.0 Å². The number of rotatable bonds is 4. The lowest BCUT2D eigenvalue weighted by Crippen LogP contribution is -2.27. The minimum Gasteiger partial charge on any atom is -0.409 e. The fraction of sp³-hybridized carbons (Fsp3) is 0.500. The molecular weight excluding hydrogens is 262 g/mol. The van der Waals surface area contributed by atoms with Gasteiger partial charge in [0.1, 0.15) is 0 Å². The number of hydrogen-bond acceptors (Lipinski definition) is 3. The van der Waals surface area contributed by atoms with E-state index in [9.17, 15) is 0 Å². The summed E-state index contributed by atoms with van der Waals surface area (Å²) in [6.45, 7) is 0.978. The molecule has 104 valence electrons. The molecule has 1 aromatic carbocycles. The average Bonchev–Trinajstić information content (AvgIpc) is 2.90. The lowest BCUT2D eigenvalue weighted by Gasteiger charge is -2.25. The third kappa shape index (κ3) is 3.32. The molecule has 1 aliphatic carbocycles. The van der Waals surface area contributed by atoms with Crippen LogP contribution in [0.15, 0.2) is 23.4 Å². The second-order valence-corrected chi connectivity index (χ2v) is 5.61. The number of halogens is 1. The minimum atomic E-state index is 0.116. The minimum absolute atomic E-state index is 0.116. The molecule has 4 nitrogen and oxygen atoms in total. The highest BCUT2D eigenvalue weighted by atomic mass is 35.5. The second kappa shape index (κ2) is 6.15. The van der Waals surface area contributed by atoms with E-state index in [-0.39, 0.29) is 5.84 Å².